The molecule has 0 saturated heterocycles. The molecule has 0 aliphatic carbocycles. The molecular weight excluding hydrogens is 194 g/mol. The van der Waals surface area contributed by atoms with E-state index in [0.29, 0.717) is 19.2 Å². The minimum atomic E-state index is -0.149. The number of rotatable bonds is 8. The Morgan fingerprint density at radius 3 is 2.53 bits per heavy atom. The first-order valence-electron chi connectivity index (χ1n) is 5.50. The number of ether oxygens (including phenoxy) is 2. The maximum absolute atomic E-state index is 11.3. The Labute approximate surface area is 92.5 Å². The number of hydrogen-bond acceptors (Lipinski definition) is 4. The van der Waals surface area contributed by atoms with E-state index in [1.54, 1.807) is 7.11 Å². The number of hydrogen-bond donors (Lipinski definition) is 0. The van der Waals surface area contributed by atoms with Gasteiger partial charge in [0.25, 0.3) is 0 Å². The lowest BCUT2D eigenvalue weighted by Crippen LogP contribution is -2.37. The fourth-order valence-electron chi connectivity index (χ4n) is 1.30. The fourth-order valence-corrected chi connectivity index (χ4v) is 1.30. The smallest absolute Gasteiger partial charge is 0.320 e. The summed E-state index contributed by atoms with van der Waals surface area (Å²) in [6, 6.07) is 0.353. The molecule has 0 aliphatic rings. The number of carbonyl (C=O) groups excluding carboxylic acids is 1. The zero-order valence-corrected chi connectivity index (χ0v) is 10.3. The molecule has 4 nitrogen and oxygen atoms in total. The highest BCUT2D eigenvalue weighted by molar-refractivity contribution is 5.71. The van der Waals surface area contributed by atoms with Crippen LogP contribution >= 0.6 is 0 Å². The number of methoxy groups -OCH3 is 1. The summed E-state index contributed by atoms with van der Waals surface area (Å²) in [4.78, 5) is 13.4. The summed E-state index contributed by atoms with van der Waals surface area (Å²) in [6.07, 6.45) is 0.939. The molecule has 0 unspecified atom stereocenters. The van der Waals surface area contributed by atoms with Gasteiger partial charge in [0, 0.05) is 26.3 Å². The minimum absolute atomic E-state index is 0.149. The third-order valence-corrected chi connectivity index (χ3v) is 2.16. The fraction of sp³-hybridized carbons (Fsp3) is 0.909. The van der Waals surface area contributed by atoms with Crippen LogP contribution in [0.4, 0.5) is 0 Å². The highest BCUT2D eigenvalue weighted by atomic mass is 16.5. The van der Waals surface area contributed by atoms with E-state index in [9.17, 15) is 4.79 Å². The molecule has 0 saturated carbocycles. The molecule has 0 aromatic heterocycles. The average Bonchev–Trinajstić information content (AvgIpc) is 2.16. The average molecular weight is 217 g/mol. The van der Waals surface area contributed by atoms with Gasteiger partial charge >= 0.3 is 5.97 Å². The van der Waals surface area contributed by atoms with E-state index in [1.165, 1.54) is 0 Å². The zero-order chi connectivity index (χ0) is 11.7. The molecule has 15 heavy (non-hydrogen) atoms. The van der Waals surface area contributed by atoms with Gasteiger partial charge in [-0.25, -0.2) is 0 Å². The summed E-state index contributed by atoms with van der Waals surface area (Å²) in [5, 5.41) is 0. The van der Waals surface area contributed by atoms with Crippen molar-refractivity contribution in [2.75, 3.05) is 33.4 Å². The molecule has 0 fully saturated rings. The summed E-state index contributed by atoms with van der Waals surface area (Å²) in [5.41, 5.74) is 0. The Balaban J connectivity index is 3.87. The highest BCUT2D eigenvalue weighted by Crippen LogP contribution is 2.00. The van der Waals surface area contributed by atoms with Crippen LogP contribution in [0.25, 0.3) is 0 Å². The van der Waals surface area contributed by atoms with Gasteiger partial charge in [-0.3, -0.25) is 9.69 Å². The molecule has 4 heteroatoms. The van der Waals surface area contributed by atoms with E-state index in [0.717, 1.165) is 19.6 Å². The van der Waals surface area contributed by atoms with Crippen molar-refractivity contribution in [1.82, 2.24) is 4.90 Å². The third-order valence-electron chi connectivity index (χ3n) is 2.16. The van der Waals surface area contributed by atoms with E-state index < -0.39 is 0 Å². The standard InChI is InChI=1S/C11H23NO3/c1-5-15-11(13)9-12(10(2)3)7-6-8-14-4/h10H,5-9H2,1-4H3. The lowest BCUT2D eigenvalue weighted by atomic mass is 10.3. The molecule has 0 rings (SSSR count). The molecule has 0 atom stereocenters. The maximum atomic E-state index is 11.3. The summed E-state index contributed by atoms with van der Waals surface area (Å²) in [7, 11) is 1.69. The molecule has 0 radical (unpaired) electrons. The quantitative estimate of drug-likeness (QED) is 0.454. The van der Waals surface area contributed by atoms with E-state index in [1.807, 2.05) is 6.92 Å². The summed E-state index contributed by atoms with van der Waals surface area (Å²) < 4.78 is 9.90. The van der Waals surface area contributed by atoms with Crippen LogP contribution < -0.4 is 0 Å². The Bertz CT molecular complexity index is 171. The van der Waals surface area contributed by atoms with Gasteiger partial charge in [0.05, 0.1) is 13.2 Å². The van der Waals surface area contributed by atoms with Crippen LogP contribution in [-0.4, -0.2) is 50.3 Å². The monoisotopic (exact) mass is 217 g/mol. The van der Waals surface area contributed by atoms with Gasteiger partial charge in [0.15, 0.2) is 0 Å². The van der Waals surface area contributed by atoms with Crippen molar-refractivity contribution in [3.8, 4) is 0 Å². The number of esters is 1. The van der Waals surface area contributed by atoms with Gasteiger partial charge in [-0.15, -0.1) is 0 Å². The Kier molecular flexibility index (Phi) is 8.33. The predicted octanol–water partition coefficient (Wildman–Crippen LogP) is 1.30. The lowest BCUT2D eigenvalue weighted by molar-refractivity contribution is -0.144. The second kappa shape index (κ2) is 8.68. The van der Waals surface area contributed by atoms with E-state index >= 15 is 0 Å². The van der Waals surface area contributed by atoms with Crippen molar-refractivity contribution in [1.29, 1.82) is 0 Å². The Morgan fingerprint density at radius 2 is 2.07 bits per heavy atom. The molecule has 0 heterocycles. The van der Waals surface area contributed by atoms with Crippen molar-refractivity contribution in [3.63, 3.8) is 0 Å². The second-order valence-corrected chi connectivity index (χ2v) is 3.72. The van der Waals surface area contributed by atoms with Crippen LogP contribution in [0, 0.1) is 0 Å². The van der Waals surface area contributed by atoms with Crippen LogP contribution in [0.5, 0.6) is 0 Å². The van der Waals surface area contributed by atoms with Gasteiger partial charge < -0.3 is 9.47 Å². The molecule has 0 amide bonds. The van der Waals surface area contributed by atoms with Gasteiger partial charge in [-0.05, 0) is 27.2 Å². The molecular formula is C11H23NO3. The van der Waals surface area contributed by atoms with Crippen LogP contribution in [-0.2, 0) is 14.3 Å². The summed E-state index contributed by atoms with van der Waals surface area (Å²) >= 11 is 0. The van der Waals surface area contributed by atoms with Gasteiger partial charge in [0.2, 0.25) is 0 Å². The second-order valence-electron chi connectivity index (χ2n) is 3.72. The molecule has 0 aliphatic heterocycles. The third kappa shape index (κ3) is 7.33. The minimum Gasteiger partial charge on any atom is -0.465 e. The molecule has 0 aromatic rings. The normalized spacial score (nSPS) is 11.1. The number of nitrogens with zero attached hydrogens (tertiary/aromatic N) is 1. The van der Waals surface area contributed by atoms with Crippen molar-refractivity contribution >= 4 is 5.97 Å². The van der Waals surface area contributed by atoms with Crippen LogP contribution in [0.15, 0.2) is 0 Å². The lowest BCUT2D eigenvalue weighted by Gasteiger charge is -2.25. The van der Waals surface area contributed by atoms with Gasteiger partial charge in [0.1, 0.15) is 0 Å². The van der Waals surface area contributed by atoms with E-state index in [2.05, 4.69) is 18.7 Å². The first-order valence-corrected chi connectivity index (χ1v) is 5.50. The van der Waals surface area contributed by atoms with E-state index in [4.69, 9.17) is 9.47 Å². The van der Waals surface area contributed by atoms with E-state index in [-0.39, 0.29) is 5.97 Å². The zero-order valence-electron chi connectivity index (χ0n) is 10.3. The SMILES string of the molecule is CCOC(=O)CN(CCCOC)C(C)C. The van der Waals surface area contributed by atoms with Gasteiger partial charge in [-0.1, -0.05) is 0 Å². The van der Waals surface area contributed by atoms with Crippen molar-refractivity contribution in [3.05, 3.63) is 0 Å². The van der Waals surface area contributed by atoms with Crippen molar-refractivity contribution in [2.45, 2.75) is 33.2 Å². The van der Waals surface area contributed by atoms with Crippen LogP contribution in [0.3, 0.4) is 0 Å². The topological polar surface area (TPSA) is 38.8 Å². The van der Waals surface area contributed by atoms with Crippen molar-refractivity contribution < 1.29 is 14.3 Å². The molecule has 90 valence electrons. The first-order chi connectivity index (χ1) is 7.11. The maximum Gasteiger partial charge on any atom is 0.320 e. The predicted molar refractivity (Wildman–Crippen MR) is 59.8 cm³/mol. The first kappa shape index (κ1) is 14.4. The van der Waals surface area contributed by atoms with Crippen molar-refractivity contribution in [2.24, 2.45) is 0 Å². The number of carbonyl (C=O) groups is 1. The summed E-state index contributed by atoms with van der Waals surface area (Å²) in [6.45, 7) is 8.38. The van der Waals surface area contributed by atoms with Crippen LogP contribution in [0.2, 0.25) is 0 Å². The molecule has 0 spiro atoms. The molecule has 0 aromatic carbocycles. The highest BCUT2D eigenvalue weighted by Gasteiger charge is 2.13. The Morgan fingerprint density at radius 1 is 1.40 bits per heavy atom. The largest absolute Gasteiger partial charge is 0.465 e. The molecule has 0 bridgehead atoms. The summed E-state index contributed by atoms with van der Waals surface area (Å²) in [5.74, 6) is -0.149. The Hall–Kier alpha value is -0.610. The van der Waals surface area contributed by atoms with Gasteiger partial charge in [-0.2, -0.15) is 0 Å². The van der Waals surface area contributed by atoms with Crippen LogP contribution in [0.1, 0.15) is 27.2 Å². The molecule has 0 N–H and O–H groups in total.